The van der Waals surface area contributed by atoms with E-state index in [1.54, 1.807) is 0 Å². The Labute approximate surface area is 116 Å². The Kier molecular flexibility index (Phi) is 4.13. The summed E-state index contributed by atoms with van der Waals surface area (Å²) in [5.74, 6) is 1.77. The summed E-state index contributed by atoms with van der Waals surface area (Å²) in [6.45, 7) is 8.87. The Bertz CT molecular complexity index is 457. The summed E-state index contributed by atoms with van der Waals surface area (Å²) >= 11 is 0. The summed E-state index contributed by atoms with van der Waals surface area (Å²) in [4.78, 5) is 2.39. The van der Waals surface area contributed by atoms with E-state index in [9.17, 15) is 0 Å². The fraction of sp³-hybridized carbons (Fsp3) is 0.562. The molecular weight excluding hydrogens is 234 g/mol. The van der Waals surface area contributed by atoms with Crippen molar-refractivity contribution in [1.82, 2.24) is 0 Å². The third-order valence-electron chi connectivity index (χ3n) is 4.27. The van der Waals surface area contributed by atoms with Gasteiger partial charge in [-0.15, -0.1) is 0 Å². The van der Waals surface area contributed by atoms with Crippen LogP contribution in [0.4, 0.5) is 5.69 Å². The lowest BCUT2D eigenvalue weighted by Gasteiger charge is -2.36. The van der Waals surface area contributed by atoms with Gasteiger partial charge in [-0.1, -0.05) is 19.9 Å². The zero-order valence-electron chi connectivity index (χ0n) is 12.2. The van der Waals surface area contributed by atoms with Gasteiger partial charge in [0.15, 0.2) is 0 Å². The molecule has 0 spiro atoms. The van der Waals surface area contributed by atoms with Crippen molar-refractivity contribution in [2.75, 3.05) is 18.0 Å². The van der Waals surface area contributed by atoms with E-state index in [2.05, 4.69) is 31.7 Å². The molecule has 104 valence electrons. The monoisotopic (exact) mass is 259 g/mol. The van der Waals surface area contributed by atoms with Gasteiger partial charge < -0.3 is 10.6 Å². The van der Waals surface area contributed by atoms with Gasteiger partial charge in [0.1, 0.15) is 5.84 Å². The molecule has 1 fully saturated rings. The Balaban J connectivity index is 2.19. The van der Waals surface area contributed by atoms with E-state index in [1.165, 1.54) is 18.4 Å². The number of aryl methyl sites for hydroxylation is 1. The lowest BCUT2D eigenvalue weighted by Crippen LogP contribution is -2.36. The lowest BCUT2D eigenvalue weighted by atomic mass is 9.86. The molecule has 0 radical (unpaired) electrons. The minimum absolute atomic E-state index is 0.168. The van der Waals surface area contributed by atoms with E-state index in [0.29, 0.717) is 0 Å². The fourth-order valence-electron chi connectivity index (χ4n) is 2.94. The molecule has 0 saturated carbocycles. The predicted octanol–water partition coefficient (Wildman–Crippen LogP) is 3.15. The van der Waals surface area contributed by atoms with Crippen LogP contribution in [0.5, 0.6) is 0 Å². The molecule has 1 aliphatic rings. The second-order valence-electron chi connectivity index (χ2n) is 6.00. The molecule has 1 saturated heterocycles. The van der Waals surface area contributed by atoms with E-state index < -0.39 is 0 Å². The molecule has 0 unspecified atom stereocenters. The number of rotatable bonds is 3. The molecule has 3 nitrogen and oxygen atoms in total. The largest absolute Gasteiger partial charge is 0.384 e. The van der Waals surface area contributed by atoms with Crippen molar-refractivity contribution in [3.8, 4) is 0 Å². The van der Waals surface area contributed by atoms with E-state index in [0.717, 1.165) is 36.2 Å². The third-order valence-corrected chi connectivity index (χ3v) is 4.27. The van der Waals surface area contributed by atoms with Crippen molar-refractivity contribution in [3.05, 3.63) is 29.3 Å². The highest BCUT2D eigenvalue weighted by molar-refractivity contribution is 6.00. The zero-order chi connectivity index (χ0) is 14.0. The number of amidine groups is 1. The van der Waals surface area contributed by atoms with Gasteiger partial charge >= 0.3 is 0 Å². The Morgan fingerprint density at radius 3 is 2.47 bits per heavy atom. The van der Waals surface area contributed by atoms with Gasteiger partial charge in [0.25, 0.3) is 0 Å². The maximum atomic E-state index is 7.72. The number of benzene rings is 1. The Hall–Kier alpha value is -1.51. The second-order valence-corrected chi connectivity index (χ2v) is 6.00. The lowest BCUT2D eigenvalue weighted by molar-refractivity contribution is 0.311. The summed E-state index contributed by atoms with van der Waals surface area (Å²) in [7, 11) is 0. The fourth-order valence-corrected chi connectivity index (χ4v) is 2.94. The van der Waals surface area contributed by atoms with Crippen LogP contribution in [0.2, 0.25) is 0 Å². The van der Waals surface area contributed by atoms with Gasteiger partial charge in [-0.2, -0.15) is 0 Å². The Morgan fingerprint density at radius 2 is 1.95 bits per heavy atom. The van der Waals surface area contributed by atoms with Gasteiger partial charge in [-0.25, -0.2) is 0 Å². The number of nitrogens with one attached hydrogen (secondary N) is 1. The van der Waals surface area contributed by atoms with Crippen LogP contribution in [0.1, 0.15) is 37.8 Å². The van der Waals surface area contributed by atoms with Crippen molar-refractivity contribution >= 4 is 11.5 Å². The molecule has 1 heterocycles. The number of anilines is 1. The van der Waals surface area contributed by atoms with Crippen LogP contribution in [0.3, 0.4) is 0 Å². The van der Waals surface area contributed by atoms with Gasteiger partial charge in [0.2, 0.25) is 0 Å². The second kappa shape index (κ2) is 5.64. The minimum Gasteiger partial charge on any atom is -0.384 e. The minimum atomic E-state index is 0.168. The number of piperidine rings is 1. The molecule has 19 heavy (non-hydrogen) atoms. The van der Waals surface area contributed by atoms with Crippen LogP contribution in [0.25, 0.3) is 0 Å². The summed E-state index contributed by atoms with van der Waals surface area (Å²) in [6, 6.07) is 6.16. The first-order chi connectivity index (χ1) is 8.99. The Morgan fingerprint density at radius 1 is 1.32 bits per heavy atom. The number of nitrogen functional groups attached to an aromatic ring is 1. The molecule has 3 heteroatoms. The number of hydrogen-bond donors (Lipinski definition) is 2. The zero-order valence-corrected chi connectivity index (χ0v) is 12.2. The third kappa shape index (κ3) is 3.09. The first kappa shape index (κ1) is 13.9. The van der Waals surface area contributed by atoms with Crippen LogP contribution < -0.4 is 10.6 Å². The first-order valence-corrected chi connectivity index (χ1v) is 7.19. The molecule has 0 bridgehead atoms. The number of nitrogens with zero attached hydrogens (tertiary/aromatic N) is 1. The summed E-state index contributed by atoms with van der Waals surface area (Å²) in [6.07, 6.45) is 2.48. The van der Waals surface area contributed by atoms with Gasteiger partial charge in [-0.05, 0) is 49.3 Å². The average molecular weight is 259 g/mol. The summed E-state index contributed by atoms with van der Waals surface area (Å²) < 4.78 is 0. The first-order valence-electron chi connectivity index (χ1n) is 7.19. The van der Waals surface area contributed by atoms with Gasteiger partial charge in [0, 0.05) is 24.3 Å². The molecule has 1 aromatic rings. The van der Waals surface area contributed by atoms with Crippen molar-refractivity contribution < 1.29 is 0 Å². The van der Waals surface area contributed by atoms with Crippen LogP contribution in [0, 0.1) is 24.2 Å². The molecule has 1 aliphatic heterocycles. The van der Waals surface area contributed by atoms with Crippen LogP contribution in [-0.4, -0.2) is 18.9 Å². The SMILES string of the molecule is Cc1ccc(C(=N)N)c(N2CCC(C(C)C)CC2)c1. The summed E-state index contributed by atoms with van der Waals surface area (Å²) in [5.41, 5.74) is 8.93. The normalized spacial score (nSPS) is 16.9. The molecule has 0 atom stereocenters. The highest BCUT2D eigenvalue weighted by Gasteiger charge is 2.23. The van der Waals surface area contributed by atoms with Crippen LogP contribution >= 0.6 is 0 Å². The van der Waals surface area contributed by atoms with E-state index in [1.807, 2.05) is 12.1 Å². The molecule has 2 rings (SSSR count). The topological polar surface area (TPSA) is 53.1 Å². The van der Waals surface area contributed by atoms with E-state index in [4.69, 9.17) is 11.1 Å². The molecular formula is C16H25N3. The average Bonchev–Trinajstić information content (AvgIpc) is 2.38. The maximum absolute atomic E-state index is 7.72. The van der Waals surface area contributed by atoms with Crippen molar-refractivity contribution in [2.24, 2.45) is 17.6 Å². The van der Waals surface area contributed by atoms with Gasteiger partial charge in [0.05, 0.1) is 0 Å². The predicted molar refractivity (Wildman–Crippen MR) is 82.0 cm³/mol. The number of hydrogen-bond acceptors (Lipinski definition) is 2. The van der Waals surface area contributed by atoms with Crippen LogP contribution in [-0.2, 0) is 0 Å². The van der Waals surface area contributed by atoms with Crippen molar-refractivity contribution in [2.45, 2.75) is 33.6 Å². The van der Waals surface area contributed by atoms with Crippen LogP contribution in [0.15, 0.2) is 18.2 Å². The van der Waals surface area contributed by atoms with E-state index >= 15 is 0 Å². The summed E-state index contributed by atoms with van der Waals surface area (Å²) in [5, 5.41) is 7.72. The quantitative estimate of drug-likeness (QED) is 0.647. The van der Waals surface area contributed by atoms with E-state index in [-0.39, 0.29) is 5.84 Å². The number of nitrogens with two attached hydrogens (primary N) is 1. The van der Waals surface area contributed by atoms with Gasteiger partial charge in [-0.3, -0.25) is 5.41 Å². The van der Waals surface area contributed by atoms with Crippen molar-refractivity contribution in [3.63, 3.8) is 0 Å². The molecule has 3 N–H and O–H groups in total. The molecule has 1 aromatic carbocycles. The highest BCUT2D eigenvalue weighted by Crippen LogP contribution is 2.30. The molecule has 0 aliphatic carbocycles. The maximum Gasteiger partial charge on any atom is 0.124 e. The molecule has 0 amide bonds. The van der Waals surface area contributed by atoms with Crippen molar-refractivity contribution in [1.29, 1.82) is 5.41 Å². The molecule has 0 aromatic heterocycles. The standard InChI is InChI=1S/C16H25N3/c1-11(2)13-6-8-19(9-7-13)15-10-12(3)4-5-14(15)16(17)18/h4-5,10-11,13H,6-9H2,1-3H3,(H3,17,18). The highest BCUT2D eigenvalue weighted by atomic mass is 15.1. The smallest absolute Gasteiger partial charge is 0.124 e.